The van der Waals surface area contributed by atoms with Crippen molar-refractivity contribution in [3.8, 4) is 11.5 Å². The molecule has 0 aliphatic rings. The van der Waals surface area contributed by atoms with E-state index in [1.165, 1.54) is 6.92 Å². The number of benzene rings is 1. The van der Waals surface area contributed by atoms with Gasteiger partial charge in [-0.3, -0.25) is 9.48 Å². The van der Waals surface area contributed by atoms with Gasteiger partial charge in [0, 0.05) is 38.0 Å². The van der Waals surface area contributed by atoms with Gasteiger partial charge in [0.15, 0.2) is 5.75 Å². The second-order valence-electron chi connectivity index (χ2n) is 8.44. The summed E-state index contributed by atoms with van der Waals surface area (Å²) in [5.41, 5.74) is 4.11. The van der Waals surface area contributed by atoms with Crippen LogP contribution < -0.4 is 19.7 Å². The van der Waals surface area contributed by atoms with Gasteiger partial charge in [-0.2, -0.15) is 5.10 Å². The number of anilines is 2. The van der Waals surface area contributed by atoms with Gasteiger partial charge in [-0.05, 0) is 32.1 Å². The van der Waals surface area contributed by atoms with E-state index in [4.69, 9.17) is 9.47 Å². The number of ether oxygens (including phenoxy) is 2. The first-order valence-corrected chi connectivity index (χ1v) is 10.6. The molecule has 1 amide bonds. The maximum absolute atomic E-state index is 11.9. The van der Waals surface area contributed by atoms with Crippen molar-refractivity contribution < 1.29 is 14.3 Å². The first kappa shape index (κ1) is 24.3. The molecule has 2 rings (SSSR count). The fourth-order valence-corrected chi connectivity index (χ4v) is 3.56. The molecule has 1 aromatic carbocycles. The largest absolute Gasteiger partial charge is 0.495 e. The molecule has 0 spiro atoms. The second-order valence-corrected chi connectivity index (χ2v) is 8.44. The van der Waals surface area contributed by atoms with Crippen LogP contribution in [0.15, 0.2) is 12.1 Å². The van der Waals surface area contributed by atoms with E-state index in [9.17, 15) is 4.79 Å². The third-order valence-corrected chi connectivity index (χ3v) is 5.15. The first-order chi connectivity index (χ1) is 14.6. The van der Waals surface area contributed by atoms with Crippen molar-refractivity contribution in [3.63, 3.8) is 0 Å². The number of methoxy groups -OCH3 is 2. The fourth-order valence-electron chi connectivity index (χ4n) is 3.56. The zero-order valence-corrected chi connectivity index (χ0v) is 20.3. The highest BCUT2D eigenvalue weighted by atomic mass is 16.5. The highest BCUT2D eigenvalue weighted by Crippen LogP contribution is 2.37. The molecule has 7 nitrogen and oxygen atoms in total. The van der Waals surface area contributed by atoms with Crippen molar-refractivity contribution in [2.75, 3.05) is 37.5 Å². The number of nitrogens with zero attached hydrogens (tertiary/aromatic N) is 3. The minimum atomic E-state index is -0.148. The number of carbonyl (C=O) groups is 1. The van der Waals surface area contributed by atoms with Crippen LogP contribution >= 0.6 is 0 Å². The molecule has 0 saturated carbocycles. The fraction of sp³-hybridized carbons (Fsp3) is 0.500. The topological polar surface area (TPSA) is 68.6 Å². The van der Waals surface area contributed by atoms with Crippen LogP contribution in [-0.2, 0) is 17.3 Å². The molecule has 1 N–H and O–H groups in total. The van der Waals surface area contributed by atoms with Gasteiger partial charge in [-0.15, -0.1) is 0 Å². The van der Waals surface area contributed by atoms with Crippen LogP contribution in [0.3, 0.4) is 0 Å². The summed E-state index contributed by atoms with van der Waals surface area (Å²) < 4.78 is 13.2. The maximum atomic E-state index is 11.9. The lowest BCUT2D eigenvalue weighted by atomic mass is 9.91. The van der Waals surface area contributed by atoms with Gasteiger partial charge in [0.05, 0.1) is 25.6 Å². The number of aryl methyl sites for hydroxylation is 1. The second kappa shape index (κ2) is 9.90. The average molecular weight is 429 g/mol. The molecule has 1 heterocycles. The van der Waals surface area contributed by atoms with Gasteiger partial charge in [-0.1, -0.05) is 26.8 Å². The van der Waals surface area contributed by atoms with Crippen LogP contribution in [0.2, 0.25) is 0 Å². The molecule has 7 heteroatoms. The SMILES string of the molecule is CCN(CC)c1cc(NC(C)=O)c(C=Cc2c(OC)c(C(C)(C)C)nn2C)cc1OC. The quantitative estimate of drug-likeness (QED) is 0.659. The van der Waals surface area contributed by atoms with E-state index < -0.39 is 0 Å². The summed E-state index contributed by atoms with van der Waals surface area (Å²) in [6.45, 7) is 13.7. The van der Waals surface area contributed by atoms with Crippen molar-refractivity contribution >= 4 is 29.4 Å². The van der Waals surface area contributed by atoms with E-state index in [2.05, 4.69) is 49.9 Å². The Hall–Kier alpha value is -2.96. The van der Waals surface area contributed by atoms with Crippen molar-refractivity contribution in [1.29, 1.82) is 0 Å². The molecule has 0 unspecified atom stereocenters. The molecule has 170 valence electrons. The molecule has 0 aliphatic heterocycles. The lowest BCUT2D eigenvalue weighted by Gasteiger charge is -2.25. The molecule has 31 heavy (non-hydrogen) atoms. The lowest BCUT2D eigenvalue weighted by Crippen LogP contribution is -2.23. The molecule has 0 saturated heterocycles. The van der Waals surface area contributed by atoms with E-state index in [0.29, 0.717) is 0 Å². The van der Waals surface area contributed by atoms with Crippen molar-refractivity contribution in [2.45, 2.75) is 47.0 Å². The van der Waals surface area contributed by atoms with E-state index in [1.807, 2.05) is 36.0 Å². The summed E-state index contributed by atoms with van der Waals surface area (Å²) in [5.74, 6) is 1.38. The van der Waals surface area contributed by atoms with E-state index in [0.717, 1.165) is 52.9 Å². The minimum absolute atomic E-state index is 0.126. The molecular formula is C24H36N4O3. The molecule has 0 bridgehead atoms. The van der Waals surface area contributed by atoms with Crippen molar-refractivity contribution in [1.82, 2.24) is 9.78 Å². The smallest absolute Gasteiger partial charge is 0.221 e. The zero-order valence-electron chi connectivity index (χ0n) is 20.3. The monoisotopic (exact) mass is 428 g/mol. The van der Waals surface area contributed by atoms with Gasteiger partial charge < -0.3 is 19.7 Å². The van der Waals surface area contributed by atoms with Crippen LogP contribution in [0.4, 0.5) is 11.4 Å². The summed E-state index contributed by atoms with van der Waals surface area (Å²) in [5, 5.41) is 7.62. The van der Waals surface area contributed by atoms with E-state index >= 15 is 0 Å². The highest BCUT2D eigenvalue weighted by molar-refractivity contribution is 5.94. The first-order valence-electron chi connectivity index (χ1n) is 10.6. The van der Waals surface area contributed by atoms with Gasteiger partial charge in [0.2, 0.25) is 5.91 Å². The van der Waals surface area contributed by atoms with Gasteiger partial charge in [0.1, 0.15) is 17.1 Å². The Bertz CT molecular complexity index is 951. The normalized spacial score (nSPS) is 11.6. The van der Waals surface area contributed by atoms with Crippen molar-refractivity contribution in [3.05, 3.63) is 29.1 Å². The van der Waals surface area contributed by atoms with E-state index in [-0.39, 0.29) is 11.3 Å². The Morgan fingerprint density at radius 2 is 1.81 bits per heavy atom. The Balaban J connectivity index is 2.62. The molecule has 0 atom stereocenters. The predicted molar refractivity (Wildman–Crippen MR) is 128 cm³/mol. The summed E-state index contributed by atoms with van der Waals surface area (Å²) in [7, 11) is 5.22. The van der Waals surface area contributed by atoms with Crippen LogP contribution in [-0.4, -0.2) is 43.0 Å². The van der Waals surface area contributed by atoms with Crippen molar-refractivity contribution in [2.24, 2.45) is 7.05 Å². The van der Waals surface area contributed by atoms with Gasteiger partial charge >= 0.3 is 0 Å². The van der Waals surface area contributed by atoms with E-state index in [1.54, 1.807) is 14.2 Å². The van der Waals surface area contributed by atoms with Gasteiger partial charge in [0.25, 0.3) is 0 Å². The van der Waals surface area contributed by atoms with Crippen LogP contribution in [0.1, 0.15) is 58.5 Å². The third kappa shape index (κ3) is 5.40. The third-order valence-electron chi connectivity index (χ3n) is 5.15. The summed E-state index contributed by atoms with van der Waals surface area (Å²) in [4.78, 5) is 14.1. The Labute approximate surface area is 186 Å². The molecular weight excluding hydrogens is 392 g/mol. The Morgan fingerprint density at radius 3 is 2.29 bits per heavy atom. The summed E-state index contributed by atoms with van der Waals surface area (Å²) >= 11 is 0. The number of aromatic nitrogens is 2. The Morgan fingerprint density at radius 1 is 1.16 bits per heavy atom. The molecule has 1 aromatic heterocycles. The summed E-state index contributed by atoms with van der Waals surface area (Å²) in [6.07, 6.45) is 3.91. The molecule has 0 aliphatic carbocycles. The molecule has 0 fully saturated rings. The van der Waals surface area contributed by atoms with Crippen LogP contribution in [0, 0.1) is 0 Å². The highest BCUT2D eigenvalue weighted by Gasteiger charge is 2.26. The number of nitrogens with one attached hydrogen (secondary N) is 1. The predicted octanol–water partition coefficient (Wildman–Crippen LogP) is 4.71. The molecule has 2 aromatic rings. The number of rotatable bonds is 8. The standard InChI is InChI=1S/C24H36N4O3/c1-10-28(11-2)20-15-18(25-16(3)29)17(14-21(20)30-8)12-13-19-22(31-9)23(24(4,5)6)26-27(19)7/h12-15H,10-11H2,1-9H3,(H,25,29). The summed E-state index contributed by atoms with van der Waals surface area (Å²) in [6, 6.07) is 3.91. The lowest BCUT2D eigenvalue weighted by molar-refractivity contribution is -0.114. The van der Waals surface area contributed by atoms with Crippen LogP contribution in [0.5, 0.6) is 11.5 Å². The molecule has 0 radical (unpaired) electrons. The Kier molecular flexibility index (Phi) is 7.76. The number of hydrogen-bond acceptors (Lipinski definition) is 5. The zero-order chi connectivity index (χ0) is 23.3. The number of hydrogen-bond donors (Lipinski definition) is 1. The van der Waals surface area contributed by atoms with Crippen LogP contribution in [0.25, 0.3) is 12.2 Å². The number of carbonyl (C=O) groups excluding carboxylic acids is 1. The minimum Gasteiger partial charge on any atom is -0.495 e. The maximum Gasteiger partial charge on any atom is 0.221 e. The number of amides is 1. The average Bonchev–Trinajstić information content (AvgIpc) is 3.03. The van der Waals surface area contributed by atoms with Gasteiger partial charge in [-0.25, -0.2) is 0 Å².